The molecule has 11 heteroatoms. The van der Waals surface area contributed by atoms with Gasteiger partial charge in [0, 0.05) is 31.8 Å². The second-order valence-corrected chi connectivity index (χ2v) is 11.6. The summed E-state index contributed by atoms with van der Waals surface area (Å²) in [5, 5.41) is 7.90. The van der Waals surface area contributed by atoms with Crippen LogP contribution in [0, 0.1) is 17.8 Å². The molecule has 0 spiro atoms. The molecule has 204 valence electrons. The van der Waals surface area contributed by atoms with Crippen LogP contribution >= 0.6 is 23.2 Å². The van der Waals surface area contributed by atoms with Gasteiger partial charge in [-0.05, 0) is 31.6 Å². The number of nitrogens with zero attached hydrogens (tertiary/aromatic N) is 1. The van der Waals surface area contributed by atoms with E-state index in [-0.39, 0.29) is 43.2 Å². The molecular weight excluding hydrogens is 519 g/mol. The van der Waals surface area contributed by atoms with Gasteiger partial charge in [0.15, 0.2) is 0 Å². The lowest BCUT2D eigenvalue weighted by Crippen LogP contribution is -2.59. The van der Waals surface area contributed by atoms with Crippen LogP contribution in [0.25, 0.3) is 0 Å². The average Bonchev–Trinajstić information content (AvgIpc) is 3.19. The van der Waals surface area contributed by atoms with Gasteiger partial charge in [-0.2, -0.15) is 0 Å². The summed E-state index contributed by atoms with van der Waals surface area (Å²) in [5.41, 5.74) is 0. The molecule has 1 heterocycles. The number of nitrogens with one attached hydrogen (secondary N) is 3. The molecule has 2 saturated carbocycles. The van der Waals surface area contributed by atoms with Crippen LogP contribution in [0.3, 0.4) is 0 Å². The van der Waals surface area contributed by atoms with E-state index in [0.29, 0.717) is 6.42 Å². The smallest absolute Gasteiger partial charge is 0.289 e. The molecule has 1 aliphatic heterocycles. The third-order valence-corrected chi connectivity index (χ3v) is 8.62. The van der Waals surface area contributed by atoms with E-state index in [1.54, 1.807) is 6.08 Å². The van der Waals surface area contributed by atoms with Gasteiger partial charge in [-0.3, -0.25) is 24.0 Å². The lowest BCUT2D eigenvalue weighted by atomic mass is 9.83. The van der Waals surface area contributed by atoms with Gasteiger partial charge < -0.3 is 20.9 Å². The minimum atomic E-state index is -1.17. The highest BCUT2D eigenvalue weighted by Gasteiger charge is 2.74. The van der Waals surface area contributed by atoms with Crippen LogP contribution in [0.15, 0.2) is 25.3 Å². The fourth-order valence-corrected chi connectivity index (χ4v) is 6.43. The van der Waals surface area contributed by atoms with Crippen molar-refractivity contribution in [2.45, 2.75) is 74.3 Å². The second-order valence-electron chi connectivity index (χ2n) is 10.1. The number of ketones is 1. The zero-order chi connectivity index (χ0) is 27.3. The Morgan fingerprint density at radius 2 is 1.73 bits per heavy atom. The summed E-state index contributed by atoms with van der Waals surface area (Å²) in [6.07, 6.45) is 8.20. The van der Waals surface area contributed by atoms with Gasteiger partial charge in [0.05, 0.1) is 6.04 Å². The van der Waals surface area contributed by atoms with Crippen molar-refractivity contribution in [3.05, 3.63) is 25.3 Å². The Kier molecular flexibility index (Phi) is 9.80. The van der Waals surface area contributed by atoms with Gasteiger partial charge in [-0.1, -0.05) is 31.4 Å². The van der Waals surface area contributed by atoms with Gasteiger partial charge in [-0.25, -0.2) is 0 Å². The van der Waals surface area contributed by atoms with Crippen LogP contribution in [0.5, 0.6) is 0 Å². The molecule has 5 atom stereocenters. The van der Waals surface area contributed by atoms with Crippen LogP contribution in [0.2, 0.25) is 0 Å². The molecule has 0 aromatic carbocycles. The number of amides is 4. The van der Waals surface area contributed by atoms with E-state index in [2.05, 4.69) is 29.1 Å². The summed E-state index contributed by atoms with van der Waals surface area (Å²) in [6, 6.07) is -2.90. The third-order valence-electron chi connectivity index (χ3n) is 7.55. The molecule has 0 aromatic rings. The highest BCUT2D eigenvalue weighted by Crippen LogP contribution is 2.65. The Morgan fingerprint density at radius 1 is 1.05 bits per heavy atom. The van der Waals surface area contributed by atoms with Gasteiger partial charge in [0.1, 0.15) is 16.4 Å². The van der Waals surface area contributed by atoms with E-state index < -0.39 is 46.0 Å². The Bertz CT molecular complexity index is 949. The summed E-state index contributed by atoms with van der Waals surface area (Å²) >= 11 is 12.9. The van der Waals surface area contributed by atoms with Crippen LogP contribution in [-0.4, -0.2) is 69.9 Å². The Balaban J connectivity index is 1.82. The fourth-order valence-electron chi connectivity index (χ4n) is 5.60. The summed E-state index contributed by atoms with van der Waals surface area (Å²) in [5.74, 6) is -3.78. The maximum absolute atomic E-state index is 13.8. The van der Waals surface area contributed by atoms with Crippen molar-refractivity contribution in [2.75, 3.05) is 13.1 Å². The standard InChI is InChI=1S/C26H36Cl2N4O5/c1-4-6-12-18(22(34)24(36)29-13-5-2)31-23(35)21-19-17(26(19,27)28)14-32(21)25(37)20(30-15(3)33)16-10-8-7-9-11-16/h4-5,16-21H,1-2,6-14H2,3H3,(H,29,36)(H,30,33)(H,31,35)/t17-,18-,19-,20-,21-/m0/s1. The first-order valence-corrected chi connectivity index (χ1v) is 13.6. The zero-order valence-electron chi connectivity index (χ0n) is 21.1. The quantitative estimate of drug-likeness (QED) is 0.193. The molecule has 2 aliphatic carbocycles. The first-order chi connectivity index (χ1) is 17.5. The number of rotatable bonds is 12. The topological polar surface area (TPSA) is 125 Å². The summed E-state index contributed by atoms with van der Waals surface area (Å²) in [4.78, 5) is 65.9. The molecule has 0 radical (unpaired) electrons. The maximum Gasteiger partial charge on any atom is 0.289 e. The van der Waals surface area contributed by atoms with Crippen LogP contribution in [-0.2, 0) is 24.0 Å². The van der Waals surface area contributed by atoms with Gasteiger partial charge in [-0.15, -0.1) is 36.4 Å². The van der Waals surface area contributed by atoms with Crippen molar-refractivity contribution < 1.29 is 24.0 Å². The average molecular weight is 556 g/mol. The molecule has 0 bridgehead atoms. The Hall–Kier alpha value is -2.39. The van der Waals surface area contributed by atoms with E-state index in [1.807, 2.05) is 0 Å². The minimum Gasteiger partial charge on any atom is -0.346 e. The molecule has 37 heavy (non-hydrogen) atoms. The van der Waals surface area contributed by atoms with Crippen molar-refractivity contribution in [3.8, 4) is 0 Å². The fraction of sp³-hybridized carbons (Fsp3) is 0.654. The number of carbonyl (C=O) groups excluding carboxylic acids is 5. The lowest BCUT2D eigenvalue weighted by Gasteiger charge is -2.36. The first-order valence-electron chi connectivity index (χ1n) is 12.8. The van der Waals surface area contributed by atoms with E-state index in [9.17, 15) is 24.0 Å². The zero-order valence-corrected chi connectivity index (χ0v) is 22.7. The normalized spacial score (nSPS) is 25.7. The van der Waals surface area contributed by atoms with E-state index in [1.165, 1.54) is 17.9 Å². The number of halogens is 2. The summed E-state index contributed by atoms with van der Waals surface area (Å²) < 4.78 is -1.17. The molecule has 0 unspecified atom stereocenters. The number of likely N-dealkylation sites (tertiary alicyclic amines) is 1. The molecule has 4 amide bonds. The number of hydrogen-bond donors (Lipinski definition) is 3. The van der Waals surface area contributed by atoms with Gasteiger partial charge >= 0.3 is 0 Å². The SMILES string of the molecule is C=CCC[C@H](NC(=O)[C@@H]1[C@@H]2[C@H](CN1C(=O)[C@@H](NC(C)=O)C1CCCCC1)C2(Cl)Cl)C(=O)C(=O)NCC=C. The predicted octanol–water partition coefficient (Wildman–Crippen LogP) is 2.02. The van der Waals surface area contributed by atoms with Crippen molar-refractivity contribution >= 4 is 52.6 Å². The highest BCUT2D eigenvalue weighted by atomic mass is 35.5. The number of allylic oxidation sites excluding steroid dienone is 1. The minimum absolute atomic E-state index is 0.0296. The van der Waals surface area contributed by atoms with Gasteiger partial charge in [0.25, 0.3) is 5.91 Å². The number of carbonyl (C=O) groups is 5. The monoisotopic (exact) mass is 554 g/mol. The van der Waals surface area contributed by atoms with Crippen molar-refractivity contribution in [1.29, 1.82) is 0 Å². The maximum atomic E-state index is 13.8. The largest absolute Gasteiger partial charge is 0.346 e. The summed E-state index contributed by atoms with van der Waals surface area (Å²) in [6.45, 7) is 8.79. The molecule has 9 nitrogen and oxygen atoms in total. The molecule has 1 saturated heterocycles. The van der Waals surface area contributed by atoms with E-state index in [4.69, 9.17) is 23.2 Å². The van der Waals surface area contributed by atoms with E-state index >= 15 is 0 Å². The number of piperidine rings is 1. The number of Topliss-reactive ketones (excluding diaryl/α,β-unsaturated/α-hetero) is 1. The van der Waals surface area contributed by atoms with Crippen LogP contribution in [0.1, 0.15) is 51.9 Å². The lowest BCUT2D eigenvalue weighted by molar-refractivity contribution is -0.145. The summed E-state index contributed by atoms with van der Waals surface area (Å²) in [7, 11) is 0. The van der Waals surface area contributed by atoms with Crippen molar-refractivity contribution in [2.24, 2.45) is 17.8 Å². The number of hydrogen-bond acceptors (Lipinski definition) is 5. The molecule has 3 aliphatic rings. The molecular formula is C26H36Cl2N4O5. The molecule has 0 aromatic heterocycles. The predicted molar refractivity (Wildman–Crippen MR) is 141 cm³/mol. The Labute approximate surface area is 227 Å². The van der Waals surface area contributed by atoms with Crippen molar-refractivity contribution in [3.63, 3.8) is 0 Å². The molecule has 3 rings (SSSR count). The number of fused-ring (bicyclic) bond motifs is 1. The third kappa shape index (κ3) is 6.55. The molecule has 3 fully saturated rings. The first kappa shape index (κ1) is 29.2. The second kappa shape index (κ2) is 12.4. The van der Waals surface area contributed by atoms with Crippen molar-refractivity contribution in [1.82, 2.24) is 20.9 Å². The van der Waals surface area contributed by atoms with Crippen LogP contribution < -0.4 is 16.0 Å². The van der Waals surface area contributed by atoms with Crippen LogP contribution in [0.4, 0.5) is 0 Å². The Morgan fingerprint density at radius 3 is 2.32 bits per heavy atom. The highest BCUT2D eigenvalue weighted by molar-refractivity contribution is 6.51. The number of alkyl halides is 2. The molecule has 3 N–H and O–H groups in total. The van der Waals surface area contributed by atoms with E-state index in [0.717, 1.165) is 32.1 Å². The van der Waals surface area contributed by atoms with Gasteiger partial charge in [0.2, 0.25) is 23.5 Å².